The van der Waals surface area contributed by atoms with E-state index >= 15 is 0 Å². The van der Waals surface area contributed by atoms with E-state index in [1.165, 1.54) is 26.5 Å². The van der Waals surface area contributed by atoms with Gasteiger partial charge in [0.1, 0.15) is 5.75 Å². The van der Waals surface area contributed by atoms with Crippen molar-refractivity contribution in [3.8, 4) is 5.75 Å². The lowest BCUT2D eigenvalue weighted by Crippen LogP contribution is -2.03. The Labute approximate surface area is 92.4 Å². The molecule has 0 saturated carbocycles. The van der Waals surface area contributed by atoms with E-state index in [4.69, 9.17) is 9.94 Å². The second kappa shape index (κ2) is 5.72. The Bertz CT molecular complexity index is 404. The maximum absolute atomic E-state index is 11.2. The predicted molar refractivity (Wildman–Crippen MR) is 56.8 cm³/mol. The van der Waals surface area contributed by atoms with Crippen LogP contribution in [0.15, 0.2) is 23.3 Å². The van der Waals surface area contributed by atoms with Crippen LogP contribution in [0, 0.1) is 0 Å². The van der Waals surface area contributed by atoms with Gasteiger partial charge in [-0.1, -0.05) is 0 Å². The second-order valence-corrected chi connectivity index (χ2v) is 2.81. The molecule has 0 unspecified atom stereocenters. The summed E-state index contributed by atoms with van der Waals surface area (Å²) in [5, 5.41) is 11.7. The highest BCUT2D eigenvalue weighted by Gasteiger charge is 2.09. The number of hydrazone groups is 1. The fraction of sp³-hybridized carbons (Fsp3) is 0.200. The number of methoxy groups -OCH3 is 2. The molecule has 0 bridgehead atoms. The molecule has 0 heterocycles. The number of esters is 1. The van der Waals surface area contributed by atoms with Crippen LogP contribution < -0.4 is 10.3 Å². The maximum atomic E-state index is 11.2. The first kappa shape index (κ1) is 12.0. The summed E-state index contributed by atoms with van der Waals surface area (Å²) in [4.78, 5) is 11.2. The number of nitrogens with zero attached hydrogens (tertiary/aromatic N) is 1. The molecule has 0 atom stereocenters. The zero-order valence-corrected chi connectivity index (χ0v) is 8.93. The normalized spacial score (nSPS) is 10.2. The number of benzene rings is 1. The van der Waals surface area contributed by atoms with Gasteiger partial charge < -0.3 is 9.47 Å². The van der Waals surface area contributed by atoms with Gasteiger partial charge in [-0.3, -0.25) is 5.21 Å². The monoisotopic (exact) mass is 224 g/mol. The zero-order valence-electron chi connectivity index (χ0n) is 8.93. The SMILES string of the molecule is COC(=O)c1ccc(/C=N\NO)c(OC)c1. The molecule has 6 nitrogen and oxygen atoms in total. The Morgan fingerprint density at radius 3 is 2.81 bits per heavy atom. The summed E-state index contributed by atoms with van der Waals surface area (Å²) in [5.41, 5.74) is 2.64. The molecule has 6 heteroatoms. The van der Waals surface area contributed by atoms with Crippen LogP contribution in [0.1, 0.15) is 15.9 Å². The molecule has 0 fully saturated rings. The molecule has 16 heavy (non-hydrogen) atoms. The average Bonchev–Trinajstić information content (AvgIpc) is 2.35. The van der Waals surface area contributed by atoms with Crippen molar-refractivity contribution in [1.29, 1.82) is 0 Å². The zero-order chi connectivity index (χ0) is 12.0. The second-order valence-electron chi connectivity index (χ2n) is 2.81. The molecule has 1 rings (SSSR count). The van der Waals surface area contributed by atoms with Crippen molar-refractivity contribution in [3.05, 3.63) is 29.3 Å². The smallest absolute Gasteiger partial charge is 0.337 e. The van der Waals surface area contributed by atoms with Gasteiger partial charge in [0.2, 0.25) is 0 Å². The minimum absolute atomic E-state index is 0.383. The fourth-order valence-electron chi connectivity index (χ4n) is 1.16. The number of carbonyl (C=O) groups excluding carboxylic acids is 1. The van der Waals surface area contributed by atoms with E-state index in [-0.39, 0.29) is 0 Å². The first-order valence-corrected chi connectivity index (χ1v) is 4.41. The summed E-state index contributed by atoms with van der Waals surface area (Å²) in [7, 11) is 2.78. The van der Waals surface area contributed by atoms with E-state index in [1.807, 2.05) is 0 Å². The molecular formula is C10H12N2O4. The van der Waals surface area contributed by atoms with E-state index in [9.17, 15) is 4.79 Å². The van der Waals surface area contributed by atoms with E-state index in [2.05, 4.69) is 9.84 Å². The summed E-state index contributed by atoms with van der Waals surface area (Å²) >= 11 is 0. The predicted octanol–water partition coefficient (Wildman–Crippen LogP) is 0.794. The molecule has 0 saturated heterocycles. The molecule has 0 spiro atoms. The van der Waals surface area contributed by atoms with Crippen molar-refractivity contribution in [1.82, 2.24) is 5.59 Å². The van der Waals surface area contributed by atoms with E-state index in [0.29, 0.717) is 16.9 Å². The molecule has 1 aromatic rings. The van der Waals surface area contributed by atoms with E-state index in [1.54, 1.807) is 17.7 Å². The van der Waals surface area contributed by atoms with Crippen molar-refractivity contribution in [2.75, 3.05) is 14.2 Å². The van der Waals surface area contributed by atoms with Crippen LogP contribution in [0.4, 0.5) is 0 Å². The summed E-state index contributed by atoms with van der Waals surface area (Å²) in [6, 6.07) is 4.74. The molecule has 0 amide bonds. The molecular weight excluding hydrogens is 212 g/mol. The molecule has 1 aromatic carbocycles. The fourth-order valence-corrected chi connectivity index (χ4v) is 1.16. The van der Waals surface area contributed by atoms with Crippen LogP contribution in [0.25, 0.3) is 0 Å². The van der Waals surface area contributed by atoms with Crippen molar-refractivity contribution in [3.63, 3.8) is 0 Å². The van der Waals surface area contributed by atoms with Gasteiger partial charge in [0.25, 0.3) is 0 Å². The third kappa shape index (κ3) is 2.71. The molecule has 0 radical (unpaired) electrons. The Hall–Kier alpha value is -2.08. The van der Waals surface area contributed by atoms with Crippen LogP contribution in [-0.2, 0) is 4.74 Å². The standard InChI is InChI=1S/C10H12N2O4/c1-15-9-5-7(10(13)16-2)3-4-8(9)6-11-12-14/h3-6,12,14H,1-2H3/b11-6-. The quantitative estimate of drug-likeness (QED) is 0.449. The Kier molecular flexibility index (Phi) is 4.28. The largest absolute Gasteiger partial charge is 0.496 e. The van der Waals surface area contributed by atoms with Gasteiger partial charge in [-0.2, -0.15) is 10.7 Å². The van der Waals surface area contributed by atoms with Crippen LogP contribution in [0.3, 0.4) is 0 Å². The van der Waals surface area contributed by atoms with Gasteiger partial charge in [0.15, 0.2) is 0 Å². The van der Waals surface area contributed by atoms with Crippen LogP contribution in [-0.4, -0.2) is 31.6 Å². The number of hydrogen-bond acceptors (Lipinski definition) is 6. The van der Waals surface area contributed by atoms with Crippen molar-refractivity contribution < 1.29 is 19.5 Å². The van der Waals surface area contributed by atoms with Gasteiger partial charge in [0.05, 0.1) is 26.0 Å². The highest BCUT2D eigenvalue weighted by atomic mass is 16.5. The van der Waals surface area contributed by atoms with Crippen LogP contribution >= 0.6 is 0 Å². The van der Waals surface area contributed by atoms with Gasteiger partial charge in [-0.15, -0.1) is 0 Å². The molecule has 0 aliphatic heterocycles. The van der Waals surface area contributed by atoms with Crippen LogP contribution in [0.2, 0.25) is 0 Å². The first-order chi connectivity index (χ1) is 7.72. The van der Waals surface area contributed by atoms with Crippen molar-refractivity contribution in [2.45, 2.75) is 0 Å². The van der Waals surface area contributed by atoms with E-state index < -0.39 is 5.97 Å². The van der Waals surface area contributed by atoms with Crippen molar-refractivity contribution >= 4 is 12.2 Å². The Balaban J connectivity index is 3.06. The summed E-state index contributed by atoms with van der Waals surface area (Å²) in [5.74, 6) is 0.0176. The number of hydrogen-bond donors (Lipinski definition) is 2. The maximum Gasteiger partial charge on any atom is 0.337 e. The highest BCUT2D eigenvalue weighted by molar-refractivity contribution is 5.92. The average molecular weight is 224 g/mol. The minimum atomic E-state index is -0.443. The number of rotatable bonds is 4. The number of carbonyl (C=O) groups is 1. The van der Waals surface area contributed by atoms with E-state index in [0.717, 1.165) is 0 Å². The first-order valence-electron chi connectivity index (χ1n) is 4.41. The third-order valence-electron chi connectivity index (χ3n) is 1.92. The summed E-state index contributed by atoms with van der Waals surface area (Å²) in [6.07, 6.45) is 1.36. The molecule has 0 aromatic heterocycles. The van der Waals surface area contributed by atoms with Gasteiger partial charge in [-0.05, 0) is 18.2 Å². The molecule has 2 N–H and O–H groups in total. The molecule has 86 valence electrons. The lowest BCUT2D eigenvalue weighted by Gasteiger charge is -2.06. The lowest BCUT2D eigenvalue weighted by molar-refractivity contribution is 0.0600. The van der Waals surface area contributed by atoms with Crippen molar-refractivity contribution in [2.24, 2.45) is 5.10 Å². The summed E-state index contributed by atoms with van der Waals surface area (Å²) in [6.45, 7) is 0. The molecule has 0 aliphatic carbocycles. The Morgan fingerprint density at radius 2 is 2.25 bits per heavy atom. The third-order valence-corrected chi connectivity index (χ3v) is 1.92. The van der Waals surface area contributed by atoms with Gasteiger partial charge in [0, 0.05) is 5.56 Å². The lowest BCUT2D eigenvalue weighted by atomic mass is 10.1. The summed E-state index contributed by atoms with van der Waals surface area (Å²) < 4.78 is 9.65. The Morgan fingerprint density at radius 1 is 1.50 bits per heavy atom. The van der Waals surface area contributed by atoms with Crippen LogP contribution in [0.5, 0.6) is 5.75 Å². The van der Waals surface area contributed by atoms with Gasteiger partial charge in [-0.25, -0.2) is 4.79 Å². The number of ether oxygens (including phenoxy) is 2. The highest BCUT2D eigenvalue weighted by Crippen LogP contribution is 2.18. The topological polar surface area (TPSA) is 80.2 Å². The van der Waals surface area contributed by atoms with Gasteiger partial charge >= 0.3 is 5.97 Å². The number of nitrogens with one attached hydrogen (secondary N) is 1. The minimum Gasteiger partial charge on any atom is -0.496 e. The molecule has 0 aliphatic rings.